The molecule has 2 heterocycles. The molecule has 0 bridgehead atoms. The molecule has 0 aliphatic carbocycles. The van der Waals surface area contributed by atoms with Gasteiger partial charge >= 0.3 is 6.18 Å². The topological polar surface area (TPSA) is 52.3 Å². The van der Waals surface area contributed by atoms with Crippen LogP contribution >= 0.6 is 0 Å². The second-order valence-corrected chi connectivity index (χ2v) is 6.01. The zero-order valence-corrected chi connectivity index (χ0v) is 14.6. The van der Waals surface area contributed by atoms with Crippen LogP contribution in [0.5, 0.6) is 5.75 Å². The van der Waals surface area contributed by atoms with E-state index >= 15 is 0 Å². The maximum atomic E-state index is 12.2. The van der Waals surface area contributed by atoms with Crippen LogP contribution in [0, 0.1) is 13.8 Å². The summed E-state index contributed by atoms with van der Waals surface area (Å²) in [6, 6.07) is 11.1. The van der Waals surface area contributed by atoms with E-state index in [0.29, 0.717) is 33.9 Å². The Bertz CT molecular complexity index is 991. The second-order valence-electron chi connectivity index (χ2n) is 6.01. The highest BCUT2D eigenvalue weighted by atomic mass is 19.4. The Labute approximate surface area is 153 Å². The molecule has 0 aliphatic heterocycles. The van der Waals surface area contributed by atoms with E-state index in [1.807, 2.05) is 0 Å². The van der Waals surface area contributed by atoms with E-state index in [2.05, 4.69) is 9.72 Å². The number of hydrogen-bond acceptors (Lipinski definition) is 4. The smallest absolute Gasteiger partial charge is 0.422 e. The van der Waals surface area contributed by atoms with Crippen LogP contribution in [0.4, 0.5) is 13.2 Å². The van der Waals surface area contributed by atoms with Crippen LogP contribution in [-0.2, 0) is 0 Å². The molecule has 27 heavy (non-hydrogen) atoms. The molecule has 1 aromatic carbocycles. The lowest BCUT2D eigenvalue weighted by molar-refractivity contribution is -0.153. The molecule has 0 N–H and O–H groups in total. The van der Waals surface area contributed by atoms with E-state index in [9.17, 15) is 18.0 Å². The van der Waals surface area contributed by atoms with Gasteiger partial charge in [-0.25, -0.2) is 0 Å². The highest BCUT2D eigenvalue weighted by Gasteiger charge is 2.28. The number of alkyl halides is 3. The zero-order valence-electron chi connectivity index (χ0n) is 14.6. The van der Waals surface area contributed by atoms with Gasteiger partial charge in [-0.2, -0.15) is 13.2 Å². The average Bonchev–Trinajstić information content (AvgIpc) is 2.60. The van der Waals surface area contributed by atoms with Crippen LogP contribution < -0.4 is 10.2 Å². The van der Waals surface area contributed by atoms with Crippen molar-refractivity contribution in [2.75, 3.05) is 6.61 Å². The number of aromatic nitrogens is 1. The summed E-state index contributed by atoms with van der Waals surface area (Å²) in [5.74, 6) is 1.18. The Morgan fingerprint density at radius 3 is 2.26 bits per heavy atom. The van der Waals surface area contributed by atoms with Crippen molar-refractivity contribution in [3.8, 4) is 28.1 Å². The predicted molar refractivity (Wildman–Crippen MR) is 94.7 cm³/mol. The highest BCUT2D eigenvalue weighted by molar-refractivity contribution is 5.68. The fourth-order valence-corrected chi connectivity index (χ4v) is 2.70. The summed E-state index contributed by atoms with van der Waals surface area (Å²) in [6.45, 7) is 2.09. The minimum Gasteiger partial charge on any atom is -0.484 e. The predicted octanol–water partition coefficient (Wildman–Crippen LogP) is 4.93. The quantitative estimate of drug-likeness (QED) is 0.649. The van der Waals surface area contributed by atoms with Crippen molar-refractivity contribution in [2.24, 2.45) is 0 Å². The van der Waals surface area contributed by atoms with Gasteiger partial charge in [-0.3, -0.25) is 9.78 Å². The third-order valence-electron chi connectivity index (χ3n) is 3.85. The van der Waals surface area contributed by atoms with Gasteiger partial charge in [0.05, 0.1) is 11.3 Å². The molecular formula is C20H16F3NO3. The molecule has 0 amide bonds. The maximum Gasteiger partial charge on any atom is 0.422 e. The lowest BCUT2D eigenvalue weighted by Gasteiger charge is -2.10. The molecule has 0 unspecified atom stereocenters. The molecule has 3 aromatic rings. The number of rotatable bonds is 4. The third kappa shape index (κ3) is 4.55. The zero-order chi connectivity index (χ0) is 19.6. The first-order valence-electron chi connectivity index (χ1n) is 8.11. The molecule has 7 heteroatoms. The molecule has 0 aliphatic rings. The number of pyridine rings is 1. The van der Waals surface area contributed by atoms with Crippen LogP contribution in [0.15, 0.2) is 57.9 Å². The fourth-order valence-electron chi connectivity index (χ4n) is 2.70. The first-order valence-corrected chi connectivity index (χ1v) is 8.11. The van der Waals surface area contributed by atoms with E-state index in [-0.39, 0.29) is 11.2 Å². The lowest BCUT2D eigenvalue weighted by Crippen LogP contribution is -2.19. The van der Waals surface area contributed by atoms with E-state index in [4.69, 9.17) is 4.42 Å². The van der Waals surface area contributed by atoms with Crippen molar-refractivity contribution in [3.05, 3.63) is 70.4 Å². The number of nitrogens with zero attached hydrogens (tertiary/aromatic N) is 1. The lowest BCUT2D eigenvalue weighted by atomic mass is 10.0. The highest BCUT2D eigenvalue weighted by Crippen LogP contribution is 2.25. The van der Waals surface area contributed by atoms with E-state index in [1.165, 1.54) is 18.2 Å². The molecule has 0 saturated carbocycles. The van der Waals surface area contributed by atoms with Gasteiger partial charge < -0.3 is 9.15 Å². The minimum atomic E-state index is -4.38. The molecule has 3 rings (SSSR count). The number of halogens is 3. The standard InChI is InChI=1S/C20H16F3NO3/c1-12-9-18(25)19(13(2)27-12)15-5-8-17(24-10-15)14-3-6-16(7-4-14)26-11-20(21,22)23/h3-10H,11H2,1-2H3. The van der Waals surface area contributed by atoms with Crippen molar-refractivity contribution in [3.63, 3.8) is 0 Å². The summed E-state index contributed by atoms with van der Waals surface area (Å²) in [6.07, 6.45) is -2.81. The number of benzene rings is 1. The van der Waals surface area contributed by atoms with Crippen LogP contribution in [0.25, 0.3) is 22.4 Å². The van der Waals surface area contributed by atoms with E-state index in [0.717, 1.165) is 0 Å². The maximum absolute atomic E-state index is 12.2. The van der Waals surface area contributed by atoms with Gasteiger partial charge in [-0.1, -0.05) is 6.07 Å². The Hall–Kier alpha value is -3.09. The number of aryl methyl sites for hydroxylation is 2. The third-order valence-corrected chi connectivity index (χ3v) is 3.85. The summed E-state index contributed by atoms with van der Waals surface area (Å²) in [4.78, 5) is 16.5. The largest absolute Gasteiger partial charge is 0.484 e. The Kier molecular flexibility index (Phi) is 5.03. The van der Waals surface area contributed by atoms with Gasteiger partial charge in [0.25, 0.3) is 0 Å². The Balaban J connectivity index is 1.81. The number of hydrogen-bond donors (Lipinski definition) is 0. The molecular weight excluding hydrogens is 359 g/mol. The van der Waals surface area contributed by atoms with Crippen LogP contribution in [0.3, 0.4) is 0 Å². The fraction of sp³-hybridized carbons (Fsp3) is 0.200. The Morgan fingerprint density at radius 2 is 1.70 bits per heavy atom. The number of ether oxygens (including phenoxy) is 1. The van der Waals surface area contributed by atoms with Crippen LogP contribution in [0.1, 0.15) is 11.5 Å². The van der Waals surface area contributed by atoms with E-state index < -0.39 is 12.8 Å². The minimum absolute atomic E-state index is 0.126. The molecule has 0 spiro atoms. The molecule has 140 valence electrons. The van der Waals surface area contributed by atoms with Crippen molar-refractivity contribution >= 4 is 0 Å². The van der Waals surface area contributed by atoms with E-state index in [1.54, 1.807) is 44.3 Å². The monoisotopic (exact) mass is 375 g/mol. The first kappa shape index (κ1) is 18.7. The van der Waals surface area contributed by atoms with Crippen molar-refractivity contribution in [1.82, 2.24) is 4.98 Å². The molecule has 2 aromatic heterocycles. The van der Waals surface area contributed by atoms with Crippen molar-refractivity contribution in [2.45, 2.75) is 20.0 Å². The molecule has 0 saturated heterocycles. The summed E-state index contributed by atoms with van der Waals surface area (Å²) in [5, 5.41) is 0. The van der Waals surface area contributed by atoms with Crippen molar-refractivity contribution < 1.29 is 22.3 Å². The van der Waals surface area contributed by atoms with Crippen LogP contribution in [0.2, 0.25) is 0 Å². The normalized spacial score (nSPS) is 11.4. The van der Waals surface area contributed by atoms with Gasteiger partial charge in [0.2, 0.25) is 0 Å². The SMILES string of the molecule is Cc1cc(=O)c(-c2ccc(-c3ccc(OCC(F)(F)F)cc3)nc2)c(C)o1. The molecule has 0 fully saturated rings. The van der Waals surface area contributed by atoms with Gasteiger partial charge in [-0.05, 0) is 44.2 Å². The van der Waals surface area contributed by atoms with Gasteiger partial charge in [-0.15, -0.1) is 0 Å². The Morgan fingerprint density at radius 1 is 1.04 bits per heavy atom. The van der Waals surface area contributed by atoms with Gasteiger partial charge in [0.15, 0.2) is 12.0 Å². The van der Waals surface area contributed by atoms with Crippen molar-refractivity contribution in [1.29, 1.82) is 0 Å². The molecule has 0 atom stereocenters. The van der Waals surface area contributed by atoms with Gasteiger partial charge in [0, 0.05) is 23.4 Å². The molecule has 4 nitrogen and oxygen atoms in total. The summed E-state index contributed by atoms with van der Waals surface area (Å²) in [7, 11) is 0. The average molecular weight is 375 g/mol. The molecule has 0 radical (unpaired) electrons. The summed E-state index contributed by atoms with van der Waals surface area (Å²) >= 11 is 0. The first-order chi connectivity index (χ1) is 12.7. The summed E-state index contributed by atoms with van der Waals surface area (Å²) < 4.78 is 46.7. The van der Waals surface area contributed by atoms with Gasteiger partial charge in [0.1, 0.15) is 17.3 Å². The van der Waals surface area contributed by atoms with Crippen LogP contribution in [-0.4, -0.2) is 17.8 Å². The second kappa shape index (κ2) is 7.26. The summed E-state index contributed by atoms with van der Waals surface area (Å²) in [5.41, 5.74) is 2.28.